The van der Waals surface area contributed by atoms with Gasteiger partial charge in [0.25, 0.3) is 0 Å². The van der Waals surface area contributed by atoms with E-state index in [0.29, 0.717) is 6.42 Å². The summed E-state index contributed by atoms with van der Waals surface area (Å²) in [6.07, 6.45) is 3.47. The number of ether oxygens (including phenoxy) is 2. The van der Waals surface area contributed by atoms with Gasteiger partial charge in [0, 0.05) is 18.4 Å². The third-order valence-corrected chi connectivity index (χ3v) is 3.79. The Balaban J connectivity index is 1.58. The van der Waals surface area contributed by atoms with Crippen LogP contribution in [0.3, 0.4) is 0 Å². The number of rotatable bonds is 5. The summed E-state index contributed by atoms with van der Waals surface area (Å²) in [7, 11) is 0. The van der Waals surface area contributed by atoms with Gasteiger partial charge in [0.1, 0.15) is 5.75 Å². The van der Waals surface area contributed by atoms with E-state index in [-0.39, 0.29) is 12.1 Å². The first-order valence-corrected chi connectivity index (χ1v) is 7.77. The molecule has 1 fully saturated rings. The standard InChI is InChI=1S/C19H20O3/c20-18(16-6-2-1-3-7-16)14-15-9-11-17(12-10-15)22-19-8-4-5-13-21-19/h1-3,6-7,9-12,19H,4-5,8,13-14H2/t19-/m0/s1. The SMILES string of the molecule is O=C(Cc1ccc(O[C@H]2CCCCO2)cc1)c1ccccc1. The summed E-state index contributed by atoms with van der Waals surface area (Å²) in [6.45, 7) is 0.772. The Hall–Kier alpha value is -2.13. The Bertz CT molecular complexity index is 598. The summed E-state index contributed by atoms with van der Waals surface area (Å²) < 4.78 is 11.4. The van der Waals surface area contributed by atoms with E-state index >= 15 is 0 Å². The van der Waals surface area contributed by atoms with E-state index in [4.69, 9.17) is 9.47 Å². The van der Waals surface area contributed by atoms with E-state index in [2.05, 4.69) is 0 Å². The molecule has 0 N–H and O–H groups in total. The van der Waals surface area contributed by atoms with Gasteiger partial charge in [-0.15, -0.1) is 0 Å². The summed E-state index contributed by atoms with van der Waals surface area (Å²) in [5, 5.41) is 0. The summed E-state index contributed by atoms with van der Waals surface area (Å²) in [5.41, 5.74) is 1.74. The van der Waals surface area contributed by atoms with E-state index in [1.54, 1.807) is 0 Å². The number of Topliss-reactive ketones (excluding diaryl/α,β-unsaturated/α-hetero) is 1. The molecule has 0 radical (unpaired) electrons. The maximum Gasteiger partial charge on any atom is 0.199 e. The number of carbonyl (C=O) groups excluding carboxylic acids is 1. The van der Waals surface area contributed by atoms with Crippen LogP contribution in [0.1, 0.15) is 35.2 Å². The highest BCUT2D eigenvalue weighted by atomic mass is 16.7. The van der Waals surface area contributed by atoms with Crippen LogP contribution in [0.15, 0.2) is 54.6 Å². The molecule has 22 heavy (non-hydrogen) atoms. The van der Waals surface area contributed by atoms with Gasteiger partial charge in [-0.25, -0.2) is 0 Å². The van der Waals surface area contributed by atoms with E-state index in [1.165, 1.54) is 0 Å². The van der Waals surface area contributed by atoms with Crippen LogP contribution in [-0.4, -0.2) is 18.7 Å². The molecule has 0 aliphatic carbocycles. The van der Waals surface area contributed by atoms with Crippen molar-refractivity contribution >= 4 is 5.78 Å². The molecule has 2 aromatic rings. The van der Waals surface area contributed by atoms with Gasteiger partial charge in [-0.05, 0) is 30.5 Å². The third kappa shape index (κ3) is 3.95. The zero-order chi connectivity index (χ0) is 15.2. The minimum absolute atomic E-state index is 0.130. The van der Waals surface area contributed by atoms with E-state index in [1.807, 2.05) is 54.6 Å². The Morgan fingerprint density at radius 1 is 1.05 bits per heavy atom. The van der Waals surface area contributed by atoms with Gasteiger partial charge < -0.3 is 9.47 Å². The summed E-state index contributed by atoms with van der Waals surface area (Å²) >= 11 is 0. The molecule has 0 bridgehead atoms. The molecule has 3 nitrogen and oxygen atoms in total. The first-order chi connectivity index (χ1) is 10.8. The van der Waals surface area contributed by atoms with Crippen molar-refractivity contribution in [3.05, 3.63) is 65.7 Å². The highest BCUT2D eigenvalue weighted by molar-refractivity contribution is 5.97. The molecule has 1 aliphatic heterocycles. The van der Waals surface area contributed by atoms with Gasteiger partial charge in [0.05, 0.1) is 6.61 Å². The van der Waals surface area contributed by atoms with Gasteiger partial charge in [-0.3, -0.25) is 4.79 Å². The molecule has 0 spiro atoms. The summed E-state index contributed by atoms with van der Waals surface area (Å²) in [5.74, 6) is 0.924. The maximum absolute atomic E-state index is 12.2. The van der Waals surface area contributed by atoms with Crippen molar-refractivity contribution < 1.29 is 14.3 Å². The van der Waals surface area contributed by atoms with Crippen LogP contribution in [-0.2, 0) is 11.2 Å². The molecule has 1 aliphatic rings. The Morgan fingerprint density at radius 3 is 2.50 bits per heavy atom. The average Bonchev–Trinajstić information content (AvgIpc) is 2.58. The Kier molecular flexibility index (Phi) is 4.86. The lowest BCUT2D eigenvalue weighted by Crippen LogP contribution is -2.24. The molecule has 0 saturated carbocycles. The topological polar surface area (TPSA) is 35.5 Å². The number of hydrogen-bond acceptors (Lipinski definition) is 3. The Morgan fingerprint density at radius 2 is 1.82 bits per heavy atom. The van der Waals surface area contributed by atoms with Crippen molar-refractivity contribution in [1.29, 1.82) is 0 Å². The normalized spacial score (nSPS) is 17.9. The van der Waals surface area contributed by atoms with Crippen LogP contribution in [0.4, 0.5) is 0 Å². The van der Waals surface area contributed by atoms with Gasteiger partial charge in [0.15, 0.2) is 12.1 Å². The van der Waals surface area contributed by atoms with Crippen molar-refractivity contribution in [3.63, 3.8) is 0 Å². The molecule has 114 valence electrons. The highest BCUT2D eigenvalue weighted by Crippen LogP contribution is 2.20. The maximum atomic E-state index is 12.2. The molecule has 3 rings (SSSR count). The lowest BCUT2D eigenvalue weighted by atomic mass is 10.0. The Labute approximate surface area is 130 Å². The lowest BCUT2D eigenvalue weighted by Gasteiger charge is -2.23. The van der Waals surface area contributed by atoms with E-state index in [9.17, 15) is 4.79 Å². The fraction of sp³-hybridized carbons (Fsp3) is 0.316. The largest absolute Gasteiger partial charge is 0.465 e. The monoisotopic (exact) mass is 296 g/mol. The van der Waals surface area contributed by atoms with Gasteiger partial charge in [-0.2, -0.15) is 0 Å². The zero-order valence-corrected chi connectivity index (χ0v) is 12.5. The highest BCUT2D eigenvalue weighted by Gasteiger charge is 2.15. The zero-order valence-electron chi connectivity index (χ0n) is 12.5. The van der Waals surface area contributed by atoms with E-state index in [0.717, 1.165) is 42.7 Å². The smallest absolute Gasteiger partial charge is 0.199 e. The molecular weight excluding hydrogens is 276 g/mol. The van der Waals surface area contributed by atoms with Crippen molar-refractivity contribution in [3.8, 4) is 5.75 Å². The first kappa shape index (κ1) is 14.8. The van der Waals surface area contributed by atoms with Gasteiger partial charge >= 0.3 is 0 Å². The third-order valence-electron chi connectivity index (χ3n) is 3.79. The fourth-order valence-corrected chi connectivity index (χ4v) is 2.55. The van der Waals surface area contributed by atoms with E-state index < -0.39 is 0 Å². The molecule has 0 aromatic heterocycles. The molecule has 2 aromatic carbocycles. The van der Waals surface area contributed by atoms with Gasteiger partial charge in [0.2, 0.25) is 0 Å². The molecule has 1 saturated heterocycles. The fourth-order valence-electron chi connectivity index (χ4n) is 2.55. The second-order valence-electron chi connectivity index (χ2n) is 5.52. The van der Waals surface area contributed by atoms with Crippen LogP contribution in [0.25, 0.3) is 0 Å². The molecule has 1 heterocycles. The second kappa shape index (κ2) is 7.23. The first-order valence-electron chi connectivity index (χ1n) is 7.77. The van der Waals surface area contributed by atoms with Crippen molar-refractivity contribution in [2.45, 2.75) is 32.0 Å². The predicted octanol–water partition coefficient (Wildman–Crippen LogP) is 4.02. The molecule has 1 atom stereocenters. The quantitative estimate of drug-likeness (QED) is 0.782. The van der Waals surface area contributed by atoms with Crippen LogP contribution in [0.2, 0.25) is 0 Å². The number of hydrogen-bond donors (Lipinski definition) is 0. The van der Waals surface area contributed by atoms with Crippen molar-refractivity contribution in [2.24, 2.45) is 0 Å². The predicted molar refractivity (Wildman–Crippen MR) is 85.1 cm³/mol. The summed E-state index contributed by atoms with van der Waals surface area (Å²) in [4.78, 5) is 12.2. The minimum atomic E-state index is -0.134. The summed E-state index contributed by atoms with van der Waals surface area (Å²) in [6, 6.07) is 17.1. The number of benzene rings is 2. The molecule has 0 unspecified atom stereocenters. The average molecular weight is 296 g/mol. The van der Waals surface area contributed by atoms with Crippen LogP contribution in [0.5, 0.6) is 5.75 Å². The molecular formula is C19H20O3. The van der Waals surface area contributed by atoms with Crippen molar-refractivity contribution in [2.75, 3.05) is 6.61 Å². The van der Waals surface area contributed by atoms with Crippen LogP contribution in [0, 0.1) is 0 Å². The van der Waals surface area contributed by atoms with Crippen LogP contribution >= 0.6 is 0 Å². The molecule has 0 amide bonds. The molecule has 3 heteroatoms. The van der Waals surface area contributed by atoms with Crippen molar-refractivity contribution in [1.82, 2.24) is 0 Å². The van der Waals surface area contributed by atoms with Crippen LogP contribution < -0.4 is 4.74 Å². The number of carbonyl (C=O) groups is 1. The number of ketones is 1. The van der Waals surface area contributed by atoms with Gasteiger partial charge in [-0.1, -0.05) is 42.5 Å². The minimum Gasteiger partial charge on any atom is -0.465 e. The lowest BCUT2D eigenvalue weighted by molar-refractivity contribution is -0.105. The second-order valence-corrected chi connectivity index (χ2v) is 5.52.